The van der Waals surface area contributed by atoms with Crippen LogP contribution in [0.5, 0.6) is 0 Å². The van der Waals surface area contributed by atoms with Crippen molar-refractivity contribution in [2.45, 2.75) is 129 Å². The lowest BCUT2D eigenvalue weighted by Crippen LogP contribution is -2.68. The fourth-order valence-corrected chi connectivity index (χ4v) is 6.57. The maximum absolute atomic E-state index is 12.3. The van der Waals surface area contributed by atoms with Crippen molar-refractivity contribution in [2.24, 2.45) is 32.9 Å². The van der Waals surface area contributed by atoms with E-state index in [0.717, 1.165) is 0 Å². The van der Waals surface area contributed by atoms with Crippen LogP contribution < -0.4 is 28.3 Å². The van der Waals surface area contributed by atoms with E-state index in [-0.39, 0.29) is 6.29 Å². The number of ether oxygens (including phenoxy) is 6. The van der Waals surface area contributed by atoms with Crippen LogP contribution in [0.2, 0.25) is 0 Å². The first-order valence-corrected chi connectivity index (χ1v) is 18.0. The van der Waals surface area contributed by atoms with E-state index in [0.29, 0.717) is 0 Å². The molecule has 1 aliphatic carbocycles. The number of aliphatic hydroxyl groups excluding tert-OH is 9. The van der Waals surface area contributed by atoms with Gasteiger partial charge in [0.1, 0.15) is 85.3 Å². The third-order valence-corrected chi connectivity index (χ3v) is 9.45. The van der Waals surface area contributed by atoms with Crippen molar-refractivity contribution in [1.29, 1.82) is 0 Å². The number of carbonyl (C=O) groups is 1. The fraction of sp³-hybridized carbons (Fsp3) is 0.889. The van der Waals surface area contributed by atoms with E-state index >= 15 is 0 Å². The molecule has 0 bridgehead atoms. The Morgan fingerprint density at radius 2 is 1.23 bits per heavy atom. The molecule has 0 aromatic heterocycles. The van der Waals surface area contributed by atoms with Gasteiger partial charge in [0.2, 0.25) is 0 Å². The summed E-state index contributed by atoms with van der Waals surface area (Å²) in [6.07, 6.45) is -27.0. The monoisotopic (exact) mass is 841 g/mol. The first kappa shape index (κ1) is 47.8. The summed E-state index contributed by atoms with van der Waals surface area (Å²) in [4.78, 5) is 20.0. The molecule has 28 nitrogen and oxygen atoms in total. The number of hydrogen-bond acceptors (Lipinski definition) is 22. The molecule has 29 heteroatoms. The number of nitrogens with one attached hydrogen (secondary N) is 1. The quantitative estimate of drug-likeness (QED) is 0.0375. The summed E-state index contributed by atoms with van der Waals surface area (Å²) >= 11 is 0. The van der Waals surface area contributed by atoms with Crippen molar-refractivity contribution in [3.8, 4) is 0 Å². The zero-order valence-electron chi connectivity index (χ0n) is 29.6. The molecule has 3 heterocycles. The molecule has 3 aliphatic heterocycles. The lowest BCUT2D eigenvalue weighted by atomic mass is 9.81. The number of aliphatic imine (C=N–C) groups is 2. The molecule has 0 radical (unpaired) electrons. The number of carbonyl (C=O) groups excluding carboxylic acids is 1. The van der Waals surface area contributed by atoms with Crippen LogP contribution >= 0.6 is 0 Å². The van der Waals surface area contributed by atoms with Gasteiger partial charge in [-0.25, -0.2) is 9.98 Å². The van der Waals surface area contributed by atoms with E-state index in [9.17, 15) is 55.9 Å². The highest BCUT2D eigenvalue weighted by molar-refractivity contribution is 7.79. The average Bonchev–Trinajstić information content (AvgIpc) is 3.34. The first-order valence-electron chi connectivity index (χ1n) is 16.6. The number of rotatable bonds is 12. The normalized spacial score (nSPS) is 45.6. The molecule has 4 aliphatic rings. The number of hydrogen-bond donors (Lipinski definition) is 17. The number of guanidine groups is 2. The number of aldehydes is 1. The molecule has 4 fully saturated rings. The van der Waals surface area contributed by atoms with E-state index in [1.54, 1.807) is 0 Å². The van der Waals surface area contributed by atoms with Crippen molar-refractivity contribution in [2.75, 3.05) is 20.3 Å². The van der Waals surface area contributed by atoms with Crippen molar-refractivity contribution in [1.82, 2.24) is 5.32 Å². The molecule has 0 aromatic rings. The minimum atomic E-state index is -4.67. The zero-order valence-corrected chi connectivity index (χ0v) is 30.4. The molecule has 0 amide bonds. The second-order valence-electron chi connectivity index (χ2n) is 13.1. The van der Waals surface area contributed by atoms with Gasteiger partial charge in [-0.05, 0) is 14.0 Å². The molecular formula is C27H51N7O21S. The maximum atomic E-state index is 12.3. The van der Waals surface area contributed by atoms with Crippen LogP contribution in [-0.2, 0) is 43.6 Å². The summed E-state index contributed by atoms with van der Waals surface area (Å²) in [6, 6.07) is -4.40. The van der Waals surface area contributed by atoms with Gasteiger partial charge in [-0.2, -0.15) is 8.42 Å². The first-order chi connectivity index (χ1) is 25.9. The summed E-state index contributed by atoms with van der Waals surface area (Å²) in [5.74, 6) is -1.11. The summed E-state index contributed by atoms with van der Waals surface area (Å²) in [5, 5.41) is 109. The van der Waals surface area contributed by atoms with E-state index in [1.165, 1.54) is 14.0 Å². The van der Waals surface area contributed by atoms with Gasteiger partial charge in [0.05, 0.1) is 25.4 Å². The molecule has 21 N–H and O–H groups in total. The molecule has 326 valence electrons. The van der Waals surface area contributed by atoms with Crippen LogP contribution in [0.4, 0.5) is 0 Å². The van der Waals surface area contributed by atoms with Gasteiger partial charge in [-0.15, -0.1) is 0 Å². The maximum Gasteiger partial charge on any atom is 0.394 e. The average molecular weight is 842 g/mol. The van der Waals surface area contributed by atoms with Gasteiger partial charge < -0.3 is 108 Å². The molecule has 3 saturated heterocycles. The summed E-state index contributed by atoms with van der Waals surface area (Å²) < 4.78 is 66.2. The van der Waals surface area contributed by atoms with Crippen LogP contribution in [0.25, 0.3) is 0 Å². The lowest BCUT2D eigenvalue weighted by molar-refractivity contribution is -0.357. The van der Waals surface area contributed by atoms with Crippen LogP contribution in [0.3, 0.4) is 0 Å². The number of likely N-dealkylation sites (N-methyl/N-ethyl adjacent to an activating group) is 1. The number of nitrogens with two attached hydrogens (primary N) is 4. The Bertz CT molecular complexity index is 1450. The minimum Gasteiger partial charge on any atom is -0.394 e. The van der Waals surface area contributed by atoms with Crippen molar-refractivity contribution in [3.63, 3.8) is 0 Å². The van der Waals surface area contributed by atoms with E-state index < -0.39 is 157 Å². The predicted molar refractivity (Wildman–Crippen MR) is 180 cm³/mol. The molecular weight excluding hydrogens is 790 g/mol. The third kappa shape index (κ3) is 10.7. The standard InChI is InChI=1S/C27H49N7O17.H2O4S/c1-6-27(45,5-37)21(24(46-6)50-20-10(34-26(30)31)13(39)9(33-25(28)29)14(40)17(20)43)51-22-11(32-2)15(41)19(8(4-36)48-22)49-23-18(44)16(42)12(38)7(3-35)47-23;1-5(2,3)4/h5-24,32,35-36,38-45H,3-4H2,1-2H3,(H4,28,29,33)(H4,30,31,34);(H2,1,2,3,4)/t6-,7+,8-,9+,10-,11-,12+,13+,14-,15-,16-,17+,18-,19-,20+,21-,22-,23-,24-,27+;/m0./s1. The third-order valence-electron chi connectivity index (χ3n) is 9.45. The molecule has 0 spiro atoms. The predicted octanol–water partition coefficient (Wildman–Crippen LogP) is -11.0. The second kappa shape index (κ2) is 19.4. The van der Waals surface area contributed by atoms with E-state index in [4.69, 9.17) is 68.9 Å². The summed E-state index contributed by atoms with van der Waals surface area (Å²) in [7, 11) is -3.31. The Hall–Kier alpha value is -2.60. The van der Waals surface area contributed by atoms with E-state index in [2.05, 4.69) is 15.3 Å². The topological polar surface area (TPSA) is 490 Å². The van der Waals surface area contributed by atoms with Gasteiger partial charge in [0, 0.05) is 0 Å². The Balaban J connectivity index is 0.00000158. The number of aliphatic hydroxyl groups is 10. The summed E-state index contributed by atoms with van der Waals surface area (Å²) in [6.45, 7) is -0.340. The highest BCUT2D eigenvalue weighted by atomic mass is 32.3. The largest absolute Gasteiger partial charge is 0.394 e. The van der Waals surface area contributed by atoms with Gasteiger partial charge >= 0.3 is 10.4 Å². The number of nitrogens with zero attached hydrogens (tertiary/aromatic N) is 2. The van der Waals surface area contributed by atoms with Crippen molar-refractivity contribution >= 4 is 28.6 Å². The van der Waals surface area contributed by atoms with Crippen LogP contribution in [-0.4, -0.2) is 229 Å². The van der Waals surface area contributed by atoms with Crippen molar-refractivity contribution < 1.29 is 102 Å². The molecule has 0 aromatic carbocycles. The van der Waals surface area contributed by atoms with Gasteiger partial charge in [-0.3, -0.25) is 13.9 Å². The zero-order chi connectivity index (χ0) is 42.6. The Morgan fingerprint density at radius 1 is 0.714 bits per heavy atom. The Labute approximate surface area is 317 Å². The molecule has 20 atom stereocenters. The van der Waals surface area contributed by atoms with E-state index in [1.807, 2.05) is 0 Å². The Morgan fingerprint density at radius 3 is 1.73 bits per heavy atom. The van der Waals surface area contributed by atoms with Crippen LogP contribution in [0.15, 0.2) is 9.98 Å². The molecule has 1 saturated carbocycles. The minimum absolute atomic E-state index is 0.0944. The highest BCUT2D eigenvalue weighted by Crippen LogP contribution is 2.39. The molecule has 4 rings (SSSR count). The summed E-state index contributed by atoms with van der Waals surface area (Å²) in [5.41, 5.74) is 19.4. The van der Waals surface area contributed by atoms with Crippen LogP contribution in [0, 0.1) is 0 Å². The van der Waals surface area contributed by atoms with Crippen LogP contribution in [0.1, 0.15) is 6.92 Å². The molecule has 56 heavy (non-hydrogen) atoms. The SMILES string of the molecule is CN[C@@H]1[C@H](O[C@H]2[C@H](O[C@H]3[C@H](O)[C@@H](O)[C@H](N=C(N)N)[C@@H](O)[C@@H]3N=C(N)N)O[C@@H](C)[C@]2(O)C=O)O[C@@H](CO)[C@H](O[C@@H]2O[C@H](CO)[C@@H](O)[C@H](O)[C@@H]2O)[C@H]1O.O=S(=O)(O)O. The van der Waals surface area contributed by atoms with Gasteiger partial charge in [0.15, 0.2) is 42.7 Å². The Kier molecular flexibility index (Phi) is 16.6. The highest BCUT2D eigenvalue weighted by Gasteiger charge is 2.61. The smallest absolute Gasteiger partial charge is 0.394 e. The van der Waals surface area contributed by atoms with Gasteiger partial charge in [0.25, 0.3) is 0 Å². The van der Waals surface area contributed by atoms with Crippen molar-refractivity contribution in [3.05, 3.63) is 0 Å². The second-order valence-corrected chi connectivity index (χ2v) is 14.0. The van der Waals surface area contributed by atoms with Gasteiger partial charge in [-0.1, -0.05) is 0 Å². The lowest BCUT2D eigenvalue weighted by Gasteiger charge is -2.48. The molecule has 0 unspecified atom stereocenters. The fourth-order valence-electron chi connectivity index (χ4n) is 6.57.